The summed E-state index contributed by atoms with van der Waals surface area (Å²) in [4.78, 5) is 4.49. The maximum Gasteiger partial charge on any atom is 0.121 e. The molecule has 20 heavy (non-hydrogen) atoms. The van der Waals surface area contributed by atoms with Crippen LogP contribution < -0.4 is 5.32 Å². The minimum Gasteiger partial charge on any atom is -0.369 e. The highest BCUT2D eigenvalue weighted by Gasteiger charge is 2.10. The molecule has 0 saturated carbocycles. The second-order valence-corrected chi connectivity index (χ2v) is 4.93. The van der Waals surface area contributed by atoms with Gasteiger partial charge in [0.1, 0.15) is 5.84 Å². The summed E-state index contributed by atoms with van der Waals surface area (Å²) in [6.07, 6.45) is 2.16. The summed E-state index contributed by atoms with van der Waals surface area (Å²) in [6.45, 7) is 3.94. The Balaban J connectivity index is 2.11. The molecule has 1 heterocycles. The fourth-order valence-electron chi connectivity index (χ4n) is 2.46. The first kappa shape index (κ1) is 12.7. The molecule has 2 aromatic carbocycles. The van der Waals surface area contributed by atoms with Crippen LogP contribution in [0, 0.1) is 6.92 Å². The monoisotopic (exact) mass is 262 g/mol. The van der Waals surface area contributed by atoms with E-state index in [1.807, 2.05) is 6.07 Å². The fourth-order valence-corrected chi connectivity index (χ4v) is 2.46. The van der Waals surface area contributed by atoms with Crippen molar-refractivity contribution in [2.24, 2.45) is 4.99 Å². The second kappa shape index (κ2) is 5.74. The van der Waals surface area contributed by atoms with Gasteiger partial charge in [0.2, 0.25) is 0 Å². The van der Waals surface area contributed by atoms with Crippen LogP contribution >= 0.6 is 0 Å². The first-order valence-electron chi connectivity index (χ1n) is 6.96. The van der Waals surface area contributed by atoms with E-state index in [2.05, 4.69) is 71.8 Å². The third kappa shape index (κ3) is 2.64. The Bertz CT molecular complexity index is 654. The third-order valence-electron chi connectivity index (χ3n) is 3.50. The Morgan fingerprint density at radius 1 is 1.05 bits per heavy atom. The van der Waals surface area contributed by atoms with E-state index < -0.39 is 0 Å². The normalized spacial score (nSPS) is 14.8. The molecule has 0 aromatic heterocycles. The van der Waals surface area contributed by atoms with Gasteiger partial charge in [-0.25, -0.2) is 0 Å². The number of nitrogens with zero attached hydrogens (tertiary/aromatic N) is 1. The number of benzene rings is 2. The van der Waals surface area contributed by atoms with Crippen molar-refractivity contribution in [2.45, 2.75) is 6.92 Å². The summed E-state index contributed by atoms with van der Waals surface area (Å²) in [7, 11) is 0. The Kier molecular flexibility index (Phi) is 3.64. The van der Waals surface area contributed by atoms with Crippen molar-refractivity contribution in [1.82, 2.24) is 5.32 Å². The van der Waals surface area contributed by atoms with Crippen molar-refractivity contribution in [3.63, 3.8) is 0 Å². The van der Waals surface area contributed by atoms with E-state index in [1.54, 1.807) is 0 Å². The van der Waals surface area contributed by atoms with Gasteiger partial charge in [-0.3, -0.25) is 4.99 Å². The van der Waals surface area contributed by atoms with E-state index in [0.29, 0.717) is 0 Å². The summed E-state index contributed by atoms with van der Waals surface area (Å²) in [6, 6.07) is 19.0. The molecule has 2 heteroatoms. The largest absolute Gasteiger partial charge is 0.369 e. The molecular weight excluding hydrogens is 244 g/mol. The molecular formula is C18H18N2. The minimum atomic E-state index is 0.863. The summed E-state index contributed by atoms with van der Waals surface area (Å²) in [5.41, 5.74) is 4.98. The number of aliphatic imine (C=N–C) groups is 1. The third-order valence-corrected chi connectivity index (χ3v) is 3.50. The molecule has 0 aliphatic carbocycles. The molecule has 1 aliphatic heterocycles. The van der Waals surface area contributed by atoms with Crippen LogP contribution in [-0.2, 0) is 0 Å². The van der Waals surface area contributed by atoms with Gasteiger partial charge in [0, 0.05) is 6.54 Å². The van der Waals surface area contributed by atoms with Crippen LogP contribution in [0.25, 0.3) is 5.57 Å². The van der Waals surface area contributed by atoms with Crippen LogP contribution in [0.15, 0.2) is 65.7 Å². The van der Waals surface area contributed by atoms with E-state index in [9.17, 15) is 0 Å². The predicted octanol–water partition coefficient (Wildman–Crippen LogP) is 3.43. The number of nitrogens with one attached hydrogen (secondary N) is 1. The average molecular weight is 262 g/mol. The molecule has 1 aliphatic rings. The molecule has 3 rings (SSSR count). The maximum absolute atomic E-state index is 4.49. The molecule has 0 unspecified atom stereocenters. The summed E-state index contributed by atoms with van der Waals surface area (Å²) in [5.74, 6) is 0.979. The van der Waals surface area contributed by atoms with Gasteiger partial charge in [0.15, 0.2) is 0 Å². The van der Waals surface area contributed by atoms with Gasteiger partial charge in [-0.1, -0.05) is 54.6 Å². The smallest absolute Gasteiger partial charge is 0.121 e. The molecule has 0 amide bonds. The van der Waals surface area contributed by atoms with Crippen LogP contribution in [-0.4, -0.2) is 18.9 Å². The number of hydrogen-bond acceptors (Lipinski definition) is 2. The molecule has 2 nitrogen and oxygen atoms in total. The molecule has 2 aromatic rings. The zero-order valence-corrected chi connectivity index (χ0v) is 11.6. The van der Waals surface area contributed by atoms with Gasteiger partial charge >= 0.3 is 0 Å². The first-order chi connectivity index (χ1) is 9.84. The van der Waals surface area contributed by atoms with Gasteiger partial charge in [0.25, 0.3) is 0 Å². The van der Waals surface area contributed by atoms with Gasteiger partial charge in [-0.15, -0.1) is 0 Å². The lowest BCUT2D eigenvalue weighted by Gasteiger charge is -2.11. The van der Waals surface area contributed by atoms with Crippen molar-refractivity contribution in [1.29, 1.82) is 0 Å². The van der Waals surface area contributed by atoms with Gasteiger partial charge < -0.3 is 5.32 Å². The van der Waals surface area contributed by atoms with Gasteiger partial charge in [-0.05, 0) is 35.3 Å². The highest BCUT2D eigenvalue weighted by Crippen LogP contribution is 2.26. The molecule has 1 N–H and O–H groups in total. The number of hydrogen-bond donors (Lipinski definition) is 1. The first-order valence-corrected chi connectivity index (χ1v) is 6.96. The zero-order valence-electron chi connectivity index (χ0n) is 11.6. The highest BCUT2D eigenvalue weighted by molar-refractivity contribution is 6.03. The van der Waals surface area contributed by atoms with E-state index in [-0.39, 0.29) is 0 Å². The second-order valence-electron chi connectivity index (χ2n) is 4.93. The van der Waals surface area contributed by atoms with E-state index in [0.717, 1.165) is 18.9 Å². The van der Waals surface area contributed by atoms with Crippen LogP contribution in [0.3, 0.4) is 0 Å². The lowest BCUT2D eigenvalue weighted by Crippen LogP contribution is -2.16. The number of amidine groups is 1. The Morgan fingerprint density at radius 3 is 2.50 bits per heavy atom. The lowest BCUT2D eigenvalue weighted by atomic mass is 9.94. The quantitative estimate of drug-likeness (QED) is 0.900. The molecule has 0 atom stereocenters. The van der Waals surface area contributed by atoms with Crippen molar-refractivity contribution in [3.05, 3.63) is 77.4 Å². The predicted molar refractivity (Wildman–Crippen MR) is 85.0 cm³/mol. The van der Waals surface area contributed by atoms with Crippen molar-refractivity contribution in [3.8, 4) is 0 Å². The fraction of sp³-hybridized carbons (Fsp3) is 0.167. The van der Waals surface area contributed by atoms with Crippen molar-refractivity contribution < 1.29 is 0 Å². The number of aryl methyl sites for hydroxylation is 1. The Hall–Kier alpha value is -2.35. The Labute approximate surface area is 119 Å². The number of rotatable bonds is 3. The standard InChI is InChI=1S/C18H18N2/c1-14-7-5-6-10-16(14)17(13-18-19-11-12-20-18)15-8-3-2-4-9-15/h2-10,13H,11-12H2,1H3,(H,19,20)/b17-13+. The molecule has 0 saturated heterocycles. The summed E-state index contributed by atoms with van der Waals surface area (Å²) in [5, 5.41) is 3.32. The molecule has 0 radical (unpaired) electrons. The molecule has 0 fully saturated rings. The molecule has 0 bridgehead atoms. The summed E-state index contributed by atoms with van der Waals surface area (Å²) < 4.78 is 0. The van der Waals surface area contributed by atoms with E-state index in [4.69, 9.17) is 0 Å². The summed E-state index contributed by atoms with van der Waals surface area (Å²) >= 11 is 0. The van der Waals surface area contributed by atoms with Crippen molar-refractivity contribution in [2.75, 3.05) is 13.1 Å². The minimum absolute atomic E-state index is 0.863. The van der Waals surface area contributed by atoms with Gasteiger partial charge in [0.05, 0.1) is 6.54 Å². The van der Waals surface area contributed by atoms with Crippen LogP contribution in [0.1, 0.15) is 16.7 Å². The van der Waals surface area contributed by atoms with Crippen molar-refractivity contribution >= 4 is 11.4 Å². The average Bonchev–Trinajstić information content (AvgIpc) is 3.00. The lowest BCUT2D eigenvalue weighted by molar-refractivity contribution is 0.961. The topological polar surface area (TPSA) is 24.4 Å². The highest BCUT2D eigenvalue weighted by atomic mass is 15.1. The van der Waals surface area contributed by atoms with E-state index in [1.165, 1.54) is 22.3 Å². The zero-order chi connectivity index (χ0) is 13.8. The molecule has 0 spiro atoms. The maximum atomic E-state index is 4.49. The van der Waals surface area contributed by atoms with Crippen LogP contribution in [0.5, 0.6) is 0 Å². The SMILES string of the molecule is Cc1ccccc1/C(=C/C1=NCCN1)c1ccccc1. The Morgan fingerprint density at radius 2 is 1.80 bits per heavy atom. The van der Waals surface area contributed by atoms with Crippen LogP contribution in [0.2, 0.25) is 0 Å². The van der Waals surface area contributed by atoms with Crippen LogP contribution in [0.4, 0.5) is 0 Å². The van der Waals surface area contributed by atoms with E-state index >= 15 is 0 Å². The van der Waals surface area contributed by atoms with Gasteiger partial charge in [-0.2, -0.15) is 0 Å². The molecule has 100 valence electrons.